The number of aromatic nitrogens is 4. The number of hydrogen-bond donors (Lipinski definition) is 2. The van der Waals surface area contributed by atoms with Crippen LogP contribution < -0.4 is 5.32 Å². The molecule has 0 spiro atoms. The van der Waals surface area contributed by atoms with Crippen LogP contribution >= 0.6 is 0 Å². The van der Waals surface area contributed by atoms with Crippen LogP contribution in [0, 0.1) is 13.8 Å². The first-order valence-electron chi connectivity index (χ1n) is 6.34. The highest BCUT2D eigenvalue weighted by molar-refractivity contribution is 6.04. The highest BCUT2D eigenvalue weighted by Gasteiger charge is 2.12. The zero-order chi connectivity index (χ0) is 14.8. The molecule has 2 heterocycles. The zero-order valence-electron chi connectivity index (χ0n) is 11.5. The number of aromatic amines is 1. The van der Waals surface area contributed by atoms with E-state index in [1.807, 2.05) is 13.8 Å². The molecule has 0 atom stereocenters. The maximum absolute atomic E-state index is 12.2. The first-order chi connectivity index (χ1) is 10.1. The Labute approximate surface area is 120 Å². The second-order valence-electron chi connectivity index (χ2n) is 4.60. The highest BCUT2D eigenvalue weighted by atomic mass is 16.4. The summed E-state index contributed by atoms with van der Waals surface area (Å²) in [7, 11) is 0. The number of nitrogens with one attached hydrogen (secondary N) is 2. The molecule has 0 radical (unpaired) electrons. The van der Waals surface area contributed by atoms with Crippen LogP contribution in [0.3, 0.4) is 0 Å². The fraction of sp³-hybridized carbons (Fsp3) is 0.143. The molecule has 7 nitrogen and oxygen atoms in total. The number of carbonyl (C=O) groups excluding carboxylic acids is 1. The average Bonchev–Trinajstić information content (AvgIpc) is 3.13. The summed E-state index contributed by atoms with van der Waals surface area (Å²) in [5.41, 5.74) is 3.14. The monoisotopic (exact) mass is 283 g/mol. The number of anilines is 1. The fourth-order valence-electron chi connectivity index (χ4n) is 1.85. The van der Waals surface area contributed by atoms with Crippen molar-refractivity contribution in [2.45, 2.75) is 13.8 Å². The van der Waals surface area contributed by atoms with Gasteiger partial charge < -0.3 is 9.73 Å². The van der Waals surface area contributed by atoms with Gasteiger partial charge in [0.1, 0.15) is 0 Å². The third-order valence-electron chi connectivity index (χ3n) is 3.24. The summed E-state index contributed by atoms with van der Waals surface area (Å²) in [5.74, 6) is 0.737. The molecule has 3 aromatic rings. The fourth-order valence-corrected chi connectivity index (χ4v) is 1.85. The van der Waals surface area contributed by atoms with Gasteiger partial charge in [-0.3, -0.25) is 9.89 Å². The second kappa shape index (κ2) is 5.20. The minimum absolute atomic E-state index is 0.221. The van der Waals surface area contributed by atoms with Crippen molar-refractivity contribution in [3.8, 4) is 11.5 Å². The number of carbonyl (C=O) groups is 1. The predicted molar refractivity (Wildman–Crippen MR) is 75.7 cm³/mol. The van der Waals surface area contributed by atoms with E-state index in [1.54, 1.807) is 24.3 Å². The van der Waals surface area contributed by atoms with Crippen LogP contribution in [-0.4, -0.2) is 26.3 Å². The normalized spacial score (nSPS) is 10.6. The van der Waals surface area contributed by atoms with Gasteiger partial charge in [-0.15, -0.1) is 10.2 Å². The Bertz CT molecular complexity index is 759. The summed E-state index contributed by atoms with van der Waals surface area (Å²) in [6.45, 7) is 3.80. The Balaban J connectivity index is 1.78. The van der Waals surface area contributed by atoms with Crippen molar-refractivity contribution in [1.29, 1.82) is 0 Å². The second-order valence-corrected chi connectivity index (χ2v) is 4.60. The van der Waals surface area contributed by atoms with E-state index in [0.29, 0.717) is 17.3 Å². The van der Waals surface area contributed by atoms with Gasteiger partial charge in [0.05, 0.1) is 0 Å². The first kappa shape index (κ1) is 13.0. The van der Waals surface area contributed by atoms with Gasteiger partial charge >= 0.3 is 0 Å². The Morgan fingerprint density at radius 2 is 2.00 bits per heavy atom. The quantitative estimate of drug-likeness (QED) is 0.769. The van der Waals surface area contributed by atoms with Gasteiger partial charge in [-0.1, -0.05) is 0 Å². The Hall–Kier alpha value is -2.96. The molecule has 0 unspecified atom stereocenters. The number of hydrogen-bond acceptors (Lipinski definition) is 5. The molecule has 0 aliphatic rings. The van der Waals surface area contributed by atoms with E-state index in [4.69, 9.17) is 4.42 Å². The molecule has 0 aliphatic carbocycles. The molecule has 1 aromatic carbocycles. The molecule has 0 saturated heterocycles. The maximum atomic E-state index is 12.2. The first-order valence-corrected chi connectivity index (χ1v) is 6.34. The summed E-state index contributed by atoms with van der Waals surface area (Å²) in [6, 6.07) is 6.91. The van der Waals surface area contributed by atoms with E-state index in [1.165, 1.54) is 6.39 Å². The number of rotatable bonds is 3. The molecule has 1 amide bonds. The molecule has 7 heteroatoms. The number of nitrogens with zero attached hydrogens (tertiary/aromatic N) is 3. The van der Waals surface area contributed by atoms with Crippen LogP contribution in [0.15, 0.2) is 35.1 Å². The minimum atomic E-state index is -0.221. The van der Waals surface area contributed by atoms with Crippen LogP contribution in [0.2, 0.25) is 0 Å². The van der Waals surface area contributed by atoms with Gasteiger partial charge in [0.2, 0.25) is 12.3 Å². The largest absolute Gasteiger partial charge is 0.423 e. The van der Waals surface area contributed by atoms with Crippen molar-refractivity contribution in [2.24, 2.45) is 0 Å². The zero-order valence-corrected chi connectivity index (χ0v) is 11.5. The number of aryl methyl sites for hydroxylation is 1. The maximum Gasteiger partial charge on any atom is 0.256 e. The van der Waals surface area contributed by atoms with Gasteiger partial charge in [-0.2, -0.15) is 5.10 Å². The number of amides is 1. The van der Waals surface area contributed by atoms with Crippen LogP contribution in [0.5, 0.6) is 0 Å². The van der Waals surface area contributed by atoms with Crippen molar-refractivity contribution in [3.05, 3.63) is 47.5 Å². The summed E-state index contributed by atoms with van der Waals surface area (Å²) in [5, 5.41) is 17.1. The van der Waals surface area contributed by atoms with E-state index in [2.05, 4.69) is 25.7 Å². The van der Waals surface area contributed by atoms with E-state index in [9.17, 15) is 4.79 Å². The van der Waals surface area contributed by atoms with Gasteiger partial charge in [-0.05, 0) is 38.1 Å². The third kappa shape index (κ3) is 2.53. The average molecular weight is 283 g/mol. The number of H-pyrrole nitrogens is 1. The topological polar surface area (TPSA) is 96.7 Å². The molecular weight excluding hydrogens is 270 g/mol. The number of benzene rings is 1. The van der Waals surface area contributed by atoms with Crippen molar-refractivity contribution in [2.75, 3.05) is 5.32 Å². The molecule has 2 aromatic heterocycles. The van der Waals surface area contributed by atoms with Crippen LogP contribution in [0.25, 0.3) is 11.5 Å². The lowest BCUT2D eigenvalue weighted by Crippen LogP contribution is -2.12. The smallest absolute Gasteiger partial charge is 0.256 e. The summed E-state index contributed by atoms with van der Waals surface area (Å²) >= 11 is 0. The van der Waals surface area contributed by atoms with E-state index >= 15 is 0 Å². The molecule has 3 rings (SSSR count). The lowest BCUT2D eigenvalue weighted by molar-refractivity contribution is 0.102. The van der Waals surface area contributed by atoms with Crippen LogP contribution in [-0.2, 0) is 0 Å². The van der Waals surface area contributed by atoms with Crippen molar-refractivity contribution >= 4 is 11.7 Å². The van der Waals surface area contributed by atoms with Crippen molar-refractivity contribution in [1.82, 2.24) is 20.4 Å². The van der Waals surface area contributed by atoms with Crippen molar-refractivity contribution < 1.29 is 9.21 Å². The van der Waals surface area contributed by atoms with Gasteiger partial charge in [0.25, 0.3) is 5.91 Å². The lowest BCUT2D eigenvalue weighted by Gasteiger charge is -2.04. The van der Waals surface area contributed by atoms with E-state index in [-0.39, 0.29) is 5.91 Å². The molecule has 0 aliphatic heterocycles. The van der Waals surface area contributed by atoms with Crippen LogP contribution in [0.1, 0.15) is 21.6 Å². The Morgan fingerprint density at radius 3 is 2.57 bits per heavy atom. The highest BCUT2D eigenvalue weighted by Crippen LogP contribution is 2.18. The summed E-state index contributed by atoms with van der Waals surface area (Å²) < 4.78 is 5.10. The van der Waals surface area contributed by atoms with E-state index < -0.39 is 0 Å². The summed E-state index contributed by atoms with van der Waals surface area (Å²) in [6.07, 6.45) is 1.26. The molecule has 2 N–H and O–H groups in total. The van der Waals surface area contributed by atoms with Gasteiger partial charge in [0, 0.05) is 22.4 Å². The molecular formula is C14H13N5O2. The van der Waals surface area contributed by atoms with Crippen LogP contribution in [0.4, 0.5) is 5.82 Å². The lowest BCUT2D eigenvalue weighted by atomic mass is 10.1. The SMILES string of the molecule is Cc1[nH]nc(NC(=O)c2ccc(-c3nnco3)cc2)c1C. The molecule has 0 saturated carbocycles. The Kier molecular flexibility index (Phi) is 3.23. The minimum Gasteiger partial charge on any atom is -0.423 e. The predicted octanol–water partition coefficient (Wildman–Crippen LogP) is 2.33. The van der Waals surface area contributed by atoms with Gasteiger partial charge in [0.15, 0.2) is 5.82 Å². The Morgan fingerprint density at radius 1 is 1.24 bits per heavy atom. The standard InChI is InChI=1S/C14H13N5O2/c1-8-9(2)17-18-12(8)16-13(20)10-3-5-11(6-4-10)14-19-15-7-21-14/h3-7H,1-2H3,(H2,16,17,18,20). The molecule has 0 bridgehead atoms. The van der Waals surface area contributed by atoms with E-state index in [0.717, 1.165) is 16.8 Å². The van der Waals surface area contributed by atoms with Crippen molar-refractivity contribution in [3.63, 3.8) is 0 Å². The third-order valence-corrected chi connectivity index (χ3v) is 3.24. The molecule has 0 fully saturated rings. The molecule has 21 heavy (non-hydrogen) atoms. The van der Waals surface area contributed by atoms with Gasteiger partial charge in [-0.25, -0.2) is 0 Å². The molecule has 106 valence electrons. The summed E-state index contributed by atoms with van der Waals surface area (Å²) in [4.78, 5) is 12.2.